The van der Waals surface area contributed by atoms with Crippen molar-refractivity contribution in [3.63, 3.8) is 0 Å². The van der Waals surface area contributed by atoms with Crippen molar-refractivity contribution in [1.29, 1.82) is 0 Å². The molecule has 1 aromatic carbocycles. The number of anilines is 1. The summed E-state index contributed by atoms with van der Waals surface area (Å²) in [6.45, 7) is 1.76. The van der Waals surface area contributed by atoms with Crippen LogP contribution in [0.4, 0.5) is 5.69 Å². The van der Waals surface area contributed by atoms with Crippen LogP contribution in [0.25, 0.3) is 0 Å². The Morgan fingerprint density at radius 2 is 2.15 bits per heavy atom. The summed E-state index contributed by atoms with van der Waals surface area (Å²) in [5.41, 5.74) is 1.48. The predicted octanol–water partition coefficient (Wildman–Crippen LogP) is 1.81. The Kier molecular flexibility index (Phi) is 2.78. The quantitative estimate of drug-likeness (QED) is 0.901. The van der Waals surface area contributed by atoms with Crippen molar-refractivity contribution in [3.8, 4) is 0 Å². The summed E-state index contributed by atoms with van der Waals surface area (Å²) in [6.07, 6.45) is 1.21. The van der Waals surface area contributed by atoms with E-state index < -0.39 is 11.9 Å². The molecule has 0 bridgehead atoms. The summed E-state index contributed by atoms with van der Waals surface area (Å²) in [5.74, 6) is -1.56. The first-order valence-corrected chi connectivity index (χ1v) is 6.13. The first-order chi connectivity index (χ1) is 9.59. The van der Waals surface area contributed by atoms with Crippen molar-refractivity contribution >= 4 is 17.6 Å². The molecule has 20 heavy (non-hydrogen) atoms. The maximum atomic E-state index is 12.5. The van der Waals surface area contributed by atoms with Crippen molar-refractivity contribution < 1.29 is 19.1 Å². The summed E-state index contributed by atoms with van der Waals surface area (Å²) in [7, 11) is 0. The van der Waals surface area contributed by atoms with E-state index in [1.54, 1.807) is 31.2 Å². The standard InChI is InChI=1S/C14H12N2O4/c1-8-12(15-7-20-8)13(17)16-6-10(14(18)19)9-4-2-3-5-11(9)16/h2-5,7,10H,6H2,1H3,(H,18,19). The molecule has 1 aromatic heterocycles. The Hall–Kier alpha value is -2.63. The average molecular weight is 272 g/mol. The monoisotopic (exact) mass is 272 g/mol. The Morgan fingerprint density at radius 3 is 2.80 bits per heavy atom. The number of amides is 1. The van der Waals surface area contributed by atoms with Crippen molar-refractivity contribution in [2.24, 2.45) is 0 Å². The number of carbonyl (C=O) groups excluding carboxylic acids is 1. The van der Waals surface area contributed by atoms with E-state index in [1.165, 1.54) is 11.3 Å². The predicted molar refractivity (Wildman–Crippen MR) is 69.7 cm³/mol. The Morgan fingerprint density at radius 1 is 1.40 bits per heavy atom. The van der Waals surface area contributed by atoms with Gasteiger partial charge in [0.1, 0.15) is 11.7 Å². The molecule has 1 aliphatic rings. The van der Waals surface area contributed by atoms with E-state index in [4.69, 9.17) is 4.42 Å². The van der Waals surface area contributed by atoms with E-state index in [9.17, 15) is 14.7 Å². The van der Waals surface area contributed by atoms with Crippen LogP contribution in [-0.2, 0) is 4.79 Å². The molecule has 1 atom stereocenters. The van der Waals surface area contributed by atoms with Crippen LogP contribution in [0.3, 0.4) is 0 Å². The van der Waals surface area contributed by atoms with Crippen molar-refractivity contribution in [3.05, 3.63) is 47.7 Å². The number of fused-ring (bicyclic) bond motifs is 1. The highest BCUT2D eigenvalue weighted by molar-refractivity contribution is 6.08. The number of aliphatic carboxylic acids is 1. The van der Waals surface area contributed by atoms with Gasteiger partial charge in [0.05, 0.1) is 0 Å². The van der Waals surface area contributed by atoms with Gasteiger partial charge in [-0.1, -0.05) is 18.2 Å². The van der Waals surface area contributed by atoms with Crippen LogP contribution in [0.2, 0.25) is 0 Å². The van der Waals surface area contributed by atoms with E-state index in [-0.39, 0.29) is 18.1 Å². The topological polar surface area (TPSA) is 83.6 Å². The lowest BCUT2D eigenvalue weighted by Crippen LogP contribution is -2.31. The number of aryl methyl sites for hydroxylation is 1. The number of aromatic nitrogens is 1. The molecule has 0 saturated carbocycles. The molecule has 1 amide bonds. The highest BCUT2D eigenvalue weighted by Gasteiger charge is 2.37. The second-order valence-corrected chi connectivity index (χ2v) is 4.62. The maximum absolute atomic E-state index is 12.5. The van der Waals surface area contributed by atoms with Gasteiger partial charge in [0, 0.05) is 12.2 Å². The molecule has 0 radical (unpaired) electrons. The fourth-order valence-corrected chi connectivity index (χ4v) is 2.45. The number of hydrogen-bond donors (Lipinski definition) is 1. The third-order valence-corrected chi connectivity index (χ3v) is 3.46. The van der Waals surface area contributed by atoms with Gasteiger partial charge in [0.15, 0.2) is 12.1 Å². The first-order valence-electron chi connectivity index (χ1n) is 6.13. The summed E-state index contributed by atoms with van der Waals surface area (Å²) >= 11 is 0. The summed E-state index contributed by atoms with van der Waals surface area (Å²) < 4.78 is 5.03. The lowest BCUT2D eigenvalue weighted by atomic mass is 10.0. The van der Waals surface area contributed by atoms with E-state index in [0.717, 1.165) is 0 Å². The van der Waals surface area contributed by atoms with E-state index in [1.807, 2.05) is 0 Å². The molecule has 0 saturated heterocycles. The molecule has 1 unspecified atom stereocenters. The molecule has 0 aliphatic carbocycles. The number of carboxylic acids is 1. The molecular formula is C14H12N2O4. The van der Waals surface area contributed by atoms with Crippen LogP contribution < -0.4 is 4.90 Å². The number of benzene rings is 1. The molecule has 6 nitrogen and oxygen atoms in total. The van der Waals surface area contributed by atoms with Gasteiger partial charge in [-0.25, -0.2) is 4.98 Å². The molecule has 6 heteroatoms. The highest BCUT2D eigenvalue weighted by Crippen LogP contribution is 2.37. The summed E-state index contributed by atoms with van der Waals surface area (Å²) in [5, 5.41) is 9.27. The smallest absolute Gasteiger partial charge is 0.312 e. The fraction of sp³-hybridized carbons (Fsp3) is 0.214. The fourth-order valence-electron chi connectivity index (χ4n) is 2.45. The Labute approximate surface area is 114 Å². The zero-order valence-electron chi connectivity index (χ0n) is 10.7. The van der Waals surface area contributed by atoms with Crippen LogP contribution >= 0.6 is 0 Å². The van der Waals surface area contributed by atoms with Gasteiger partial charge >= 0.3 is 5.97 Å². The number of oxazole rings is 1. The number of nitrogens with zero attached hydrogens (tertiary/aromatic N) is 2. The molecule has 0 fully saturated rings. The molecular weight excluding hydrogens is 260 g/mol. The molecule has 102 valence electrons. The average Bonchev–Trinajstić information content (AvgIpc) is 3.01. The van der Waals surface area contributed by atoms with Crippen LogP contribution in [0.15, 0.2) is 35.1 Å². The third-order valence-electron chi connectivity index (χ3n) is 3.46. The zero-order valence-corrected chi connectivity index (χ0v) is 10.7. The largest absolute Gasteiger partial charge is 0.481 e. The number of para-hydroxylation sites is 1. The lowest BCUT2D eigenvalue weighted by Gasteiger charge is -2.16. The van der Waals surface area contributed by atoms with Crippen LogP contribution in [-0.4, -0.2) is 28.5 Å². The summed E-state index contributed by atoms with van der Waals surface area (Å²) in [4.78, 5) is 29.1. The minimum Gasteiger partial charge on any atom is -0.481 e. The van der Waals surface area contributed by atoms with Crippen LogP contribution in [0.1, 0.15) is 27.7 Å². The SMILES string of the molecule is Cc1ocnc1C(=O)N1CC(C(=O)O)c2ccccc21. The number of rotatable bonds is 2. The highest BCUT2D eigenvalue weighted by atomic mass is 16.4. The number of carbonyl (C=O) groups is 2. The van der Waals surface area contributed by atoms with Gasteiger partial charge in [0.25, 0.3) is 5.91 Å². The van der Waals surface area contributed by atoms with E-state index in [2.05, 4.69) is 4.98 Å². The molecule has 2 heterocycles. The molecule has 3 rings (SSSR count). The Balaban J connectivity index is 2.03. The summed E-state index contributed by atoms with van der Waals surface area (Å²) in [6, 6.07) is 7.02. The number of carboxylic acid groups (broad SMARTS) is 1. The minimum absolute atomic E-state index is 0.111. The normalized spacial score (nSPS) is 17.1. The molecule has 1 aliphatic heterocycles. The van der Waals surface area contributed by atoms with Crippen molar-refractivity contribution in [2.45, 2.75) is 12.8 Å². The maximum Gasteiger partial charge on any atom is 0.312 e. The minimum atomic E-state index is -0.940. The van der Waals surface area contributed by atoms with Gasteiger partial charge in [-0.2, -0.15) is 0 Å². The van der Waals surface area contributed by atoms with Gasteiger partial charge in [-0.3, -0.25) is 9.59 Å². The second kappa shape index (κ2) is 4.48. The van der Waals surface area contributed by atoms with Gasteiger partial charge in [-0.05, 0) is 18.6 Å². The number of hydrogen-bond acceptors (Lipinski definition) is 4. The lowest BCUT2D eigenvalue weighted by molar-refractivity contribution is -0.138. The molecule has 2 aromatic rings. The van der Waals surface area contributed by atoms with Gasteiger partial charge in [0.2, 0.25) is 0 Å². The van der Waals surface area contributed by atoms with E-state index in [0.29, 0.717) is 17.0 Å². The first kappa shape index (κ1) is 12.4. The molecule has 0 spiro atoms. The van der Waals surface area contributed by atoms with Crippen LogP contribution in [0, 0.1) is 6.92 Å². The van der Waals surface area contributed by atoms with Crippen molar-refractivity contribution in [1.82, 2.24) is 4.98 Å². The zero-order chi connectivity index (χ0) is 14.3. The van der Waals surface area contributed by atoms with Gasteiger partial charge < -0.3 is 14.4 Å². The molecule has 1 N–H and O–H groups in total. The Bertz CT molecular complexity index is 692. The van der Waals surface area contributed by atoms with Crippen LogP contribution in [0.5, 0.6) is 0 Å². The van der Waals surface area contributed by atoms with Crippen molar-refractivity contribution in [2.75, 3.05) is 11.4 Å². The van der Waals surface area contributed by atoms with E-state index >= 15 is 0 Å². The van der Waals surface area contributed by atoms with Gasteiger partial charge in [-0.15, -0.1) is 0 Å². The third kappa shape index (κ3) is 1.77. The second-order valence-electron chi connectivity index (χ2n) is 4.62.